The van der Waals surface area contributed by atoms with Gasteiger partial charge in [0.25, 0.3) is 5.91 Å². The van der Waals surface area contributed by atoms with Gasteiger partial charge in [-0.25, -0.2) is 0 Å². The summed E-state index contributed by atoms with van der Waals surface area (Å²) in [6, 6.07) is 14.1. The molecule has 0 bridgehead atoms. The number of amides is 2. The minimum Gasteiger partial charge on any atom is -0.497 e. The summed E-state index contributed by atoms with van der Waals surface area (Å²) in [5.41, 5.74) is 1.28. The number of carbonyl (C=O) groups is 2. The molecule has 0 atom stereocenters. The Kier molecular flexibility index (Phi) is 7.49. The van der Waals surface area contributed by atoms with Gasteiger partial charge in [-0.3, -0.25) is 9.59 Å². The summed E-state index contributed by atoms with van der Waals surface area (Å²) in [5, 5.41) is 5.62. The smallest absolute Gasteiger partial charge is 0.251 e. The van der Waals surface area contributed by atoms with E-state index < -0.39 is 0 Å². The Hall–Kier alpha value is -3.02. The summed E-state index contributed by atoms with van der Waals surface area (Å²) >= 11 is 0. The second kappa shape index (κ2) is 10.1. The molecule has 2 aromatic rings. The number of methoxy groups -OCH3 is 1. The van der Waals surface area contributed by atoms with Crippen LogP contribution in [0.4, 0.5) is 5.69 Å². The standard InChI is InChI=1S/C20H24N2O4/c1-3-26-18-12-8-16(9-13-18)22-19(23)5-4-14-21-20(24)15-6-10-17(25-2)11-7-15/h6-13H,3-5,14H2,1-2H3,(H,21,24)(H,22,23). The second-order valence-electron chi connectivity index (χ2n) is 5.59. The molecule has 2 amide bonds. The average Bonchev–Trinajstić information content (AvgIpc) is 2.67. The fraction of sp³-hybridized carbons (Fsp3) is 0.300. The molecule has 6 nitrogen and oxygen atoms in total. The predicted octanol–water partition coefficient (Wildman–Crippen LogP) is 3.24. The molecule has 0 unspecified atom stereocenters. The van der Waals surface area contributed by atoms with E-state index in [4.69, 9.17) is 9.47 Å². The summed E-state index contributed by atoms with van der Waals surface area (Å²) in [6.45, 7) is 2.96. The first kappa shape index (κ1) is 19.3. The van der Waals surface area contributed by atoms with E-state index in [9.17, 15) is 9.59 Å². The topological polar surface area (TPSA) is 76.7 Å². The lowest BCUT2D eigenvalue weighted by molar-refractivity contribution is -0.116. The van der Waals surface area contributed by atoms with Gasteiger partial charge < -0.3 is 20.1 Å². The fourth-order valence-electron chi connectivity index (χ4n) is 2.32. The van der Waals surface area contributed by atoms with Crippen molar-refractivity contribution in [3.63, 3.8) is 0 Å². The van der Waals surface area contributed by atoms with Crippen LogP contribution in [0.3, 0.4) is 0 Å². The molecule has 0 heterocycles. The van der Waals surface area contributed by atoms with Gasteiger partial charge in [0, 0.05) is 24.2 Å². The molecular weight excluding hydrogens is 332 g/mol. The van der Waals surface area contributed by atoms with Crippen LogP contribution in [0.2, 0.25) is 0 Å². The zero-order valence-electron chi connectivity index (χ0n) is 15.1. The molecule has 0 fully saturated rings. The maximum absolute atomic E-state index is 12.0. The highest BCUT2D eigenvalue weighted by Gasteiger charge is 2.06. The Morgan fingerprint density at radius 3 is 2.23 bits per heavy atom. The van der Waals surface area contributed by atoms with Gasteiger partial charge in [-0.15, -0.1) is 0 Å². The van der Waals surface area contributed by atoms with Crippen molar-refractivity contribution < 1.29 is 19.1 Å². The van der Waals surface area contributed by atoms with Crippen molar-refractivity contribution in [1.29, 1.82) is 0 Å². The molecule has 2 N–H and O–H groups in total. The van der Waals surface area contributed by atoms with E-state index in [0.29, 0.717) is 37.3 Å². The number of hydrogen-bond acceptors (Lipinski definition) is 4. The number of carbonyl (C=O) groups excluding carboxylic acids is 2. The van der Waals surface area contributed by atoms with Gasteiger partial charge in [-0.1, -0.05) is 0 Å². The van der Waals surface area contributed by atoms with Gasteiger partial charge in [0.1, 0.15) is 11.5 Å². The summed E-state index contributed by atoms with van der Waals surface area (Å²) < 4.78 is 10.4. The van der Waals surface area contributed by atoms with Crippen LogP contribution < -0.4 is 20.1 Å². The SMILES string of the molecule is CCOc1ccc(NC(=O)CCCNC(=O)c2ccc(OC)cc2)cc1. The van der Waals surface area contributed by atoms with Crippen LogP contribution in [0.5, 0.6) is 11.5 Å². The molecular formula is C20H24N2O4. The number of hydrogen-bond donors (Lipinski definition) is 2. The van der Waals surface area contributed by atoms with Gasteiger partial charge in [0.15, 0.2) is 0 Å². The largest absolute Gasteiger partial charge is 0.497 e. The zero-order valence-corrected chi connectivity index (χ0v) is 15.1. The highest BCUT2D eigenvalue weighted by Crippen LogP contribution is 2.16. The van der Waals surface area contributed by atoms with Crippen molar-refractivity contribution >= 4 is 17.5 Å². The predicted molar refractivity (Wildman–Crippen MR) is 101 cm³/mol. The van der Waals surface area contributed by atoms with E-state index in [2.05, 4.69) is 10.6 Å². The van der Waals surface area contributed by atoms with Gasteiger partial charge >= 0.3 is 0 Å². The summed E-state index contributed by atoms with van der Waals surface area (Å²) in [4.78, 5) is 23.9. The first-order valence-electron chi connectivity index (χ1n) is 8.57. The van der Waals surface area contributed by atoms with Crippen LogP contribution in [0, 0.1) is 0 Å². The minimum absolute atomic E-state index is 0.0899. The highest BCUT2D eigenvalue weighted by molar-refractivity contribution is 5.94. The molecule has 0 aliphatic carbocycles. The van der Waals surface area contributed by atoms with E-state index in [0.717, 1.165) is 11.4 Å². The molecule has 26 heavy (non-hydrogen) atoms. The van der Waals surface area contributed by atoms with Gasteiger partial charge in [0.2, 0.25) is 5.91 Å². The lowest BCUT2D eigenvalue weighted by Crippen LogP contribution is -2.25. The maximum Gasteiger partial charge on any atom is 0.251 e. The molecule has 2 rings (SSSR count). The Balaban J connectivity index is 1.68. The van der Waals surface area contributed by atoms with Crippen LogP contribution >= 0.6 is 0 Å². The van der Waals surface area contributed by atoms with Crippen molar-refractivity contribution in [2.24, 2.45) is 0 Å². The van der Waals surface area contributed by atoms with E-state index in [1.807, 2.05) is 19.1 Å². The van der Waals surface area contributed by atoms with Crippen molar-refractivity contribution in [3.05, 3.63) is 54.1 Å². The lowest BCUT2D eigenvalue weighted by Gasteiger charge is -2.08. The lowest BCUT2D eigenvalue weighted by atomic mass is 10.2. The Bertz CT molecular complexity index is 712. The molecule has 0 aliphatic rings. The van der Waals surface area contributed by atoms with Crippen LogP contribution in [0.25, 0.3) is 0 Å². The third kappa shape index (κ3) is 6.12. The molecule has 138 valence electrons. The first-order chi connectivity index (χ1) is 12.6. The molecule has 0 saturated heterocycles. The molecule has 0 aliphatic heterocycles. The van der Waals surface area contributed by atoms with E-state index in [1.165, 1.54) is 0 Å². The van der Waals surface area contributed by atoms with E-state index in [1.54, 1.807) is 43.5 Å². The quantitative estimate of drug-likeness (QED) is 0.676. The average molecular weight is 356 g/mol. The molecule has 2 aromatic carbocycles. The number of benzene rings is 2. The van der Waals surface area contributed by atoms with Crippen molar-refractivity contribution in [2.75, 3.05) is 25.6 Å². The van der Waals surface area contributed by atoms with E-state index in [-0.39, 0.29) is 11.8 Å². The monoisotopic (exact) mass is 356 g/mol. The Morgan fingerprint density at radius 1 is 0.962 bits per heavy atom. The highest BCUT2D eigenvalue weighted by atomic mass is 16.5. The Morgan fingerprint density at radius 2 is 1.62 bits per heavy atom. The van der Waals surface area contributed by atoms with E-state index >= 15 is 0 Å². The summed E-state index contributed by atoms with van der Waals surface area (Å²) in [7, 11) is 1.58. The summed E-state index contributed by atoms with van der Waals surface area (Å²) in [6.07, 6.45) is 0.890. The van der Waals surface area contributed by atoms with Gasteiger partial charge in [-0.2, -0.15) is 0 Å². The van der Waals surface area contributed by atoms with Crippen LogP contribution in [-0.2, 0) is 4.79 Å². The molecule has 6 heteroatoms. The third-order valence-corrected chi connectivity index (χ3v) is 3.67. The minimum atomic E-state index is -0.167. The van der Waals surface area contributed by atoms with Crippen LogP contribution in [0.1, 0.15) is 30.1 Å². The zero-order chi connectivity index (χ0) is 18.8. The van der Waals surface area contributed by atoms with Gasteiger partial charge in [0.05, 0.1) is 13.7 Å². The molecule has 0 aromatic heterocycles. The van der Waals surface area contributed by atoms with Crippen molar-refractivity contribution in [3.8, 4) is 11.5 Å². The Labute approximate surface area is 153 Å². The maximum atomic E-state index is 12.0. The van der Waals surface area contributed by atoms with Crippen molar-refractivity contribution in [1.82, 2.24) is 5.32 Å². The number of rotatable bonds is 9. The molecule has 0 spiro atoms. The van der Waals surface area contributed by atoms with Gasteiger partial charge in [-0.05, 0) is 61.9 Å². The summed E-state index contributed by atoms with van der Waals surface area (Å²) in [5.74, 6) is 1.21. The molecule has 0 radical (unpaired) electrons. The number of anilines is 1. The number of ether oxygens (including phenoxy) is 2. The van der Waals surface area contributed by atoms with Crippen LogP contribution in [-0.4, -0.2) is 32.1 Å². The van der Waals surface area contributed by atoms with Crippen LogP contribution in [0.15, 0.2) is 48.5 Å². The first-order valence-corrected chi connectivity index (χ1v) is 8.57. The second-order valence-corrected chi connectivity index (χ2v) is 5.59. The fourth-order valence-corrected chi connectivity index (χ4v) is 2.32. The molecule has 0 saturated carbocycles. The third-order valence-electron chi connectivity index (χ3n) is 3.67. The van der Waals surface area contributed by atoms with Crippen molar-refractivity contribution in [2.45, 2.75) is 19.8 Å². The number of nitrogens with one attached hydrogen (secondary N) is 2. The normalized spacial score (nSPS) is 10.1.